The van der Waals surface area contributed by atoms with Crippen molar-refractivity contribution >= 4 is 12.1 Å². The maximum atomic E-state index is 11.8. The smallest absolute Gasteiger partial charge is 0.410 e. The average Bonchev–Trinajstić information content (AvgIpc) is 2.89. The molecule has 1 N–H and O–H groups in total. The van der Waals surface area contributed by atoms with E-state index in [0.717, 1.165) is 25.6 Å². The molecule has 0 unspecified atom stereocenters. The Labute approximate surface area is 128 Å². The van der Waals surface area contributed by atoms with E-state index in [1.807, 2.05) is 20.8 Å². The first kappa shape index (κ1) is 17.6. The van der Waals surface area contributed by atoms with Crippen LogP contribution < -0.4 is 5.32 Å². The molecule has 1 heterocycles. The summed E-state index contributed by atoms with van der Waals surface area (Å²) < 4.78 is 5.32. The standard InChI is InChI=1S/C15H30N4O2/c1-6-16-13(19-10-7-8-11-19)17-9-12-18(5)14(20)21-15(2,3)4/h6-12H2,1-5H3,(H,16,17). The molecule has 1 aliphatic heterocycles. The monoisotopic (exact) mass is 298 g/mol. The van der Waals surface area contributed by atoms with Crippen LogP contribution in [0.25, 0.3) is 0 Å². The zero-order valence-corrected chi connectivity index (χ0v) is 14.1. The quantitative estimate of drug-likeness (QED) is 0.636. The summed E-state index contributed by atoms with van der Waals surface area (Å²) in [6.07, 6.45) is 2.15. The van der Waals surface area contributed by atoms with E-state index >= 15 is 0 Å². The molecule has 0 aliphatic carbocycles. The van der Waals surface area contributed by atoms with Crippen LogP contribution >= 0.6 is 0 Å². The SMILES string of the molecule is CCNC(=NCCN(C)C(=O)OC(C)(C)C)N1CCCC1. The average molecular weight is 298 g/mol. The first-order chi connectivity index (χ1) is 9.83. The topological polar surface area (TPSA) is 57.2 Å². The Morgan fingerprint density at radius 1 is 1.33 bits per heavy atom. The third-order valence-corrected chi connectivity index (χ3v) is 3.14. The lowest BCUT2D eigenvalue weighted by atomic mass is 10.2. The number of rotatable bonds is 4. The summed E-state index contributed by atoms with van der Waals surface area (Å²) >= 11 is 0. The molecule has 0 aromatic rings. The van der Waals surface area contributed by atoms with Crippen LogP contribution in [0.1, 0.15) is 40.5 Å². The summed E-state index contributed by atoms with van der Waals surface area (Å²) in [6, 6.07) is 0. The fraction of sp³-hybridized carbons (Fsp3) is 0.867. The Morgan fingerprint density at radius 3 is 2.48 bits per heavy atom. The maximum Gasteiger partial charge on any atom is 0.410 e. The molecule has 1 fully saturated rings. The number of amides is 1. The van der Waals surface area contributed by atoms with Crippen molar-refractivity contribution in [2.24, 2.45) is 4.99 Å². The number of hydrogen-bond donors (Lipinski definition) is 1. The van der Waals surface area contributed by atoms with Crippen molar-refractivity contribution in [1.82, 2.24) is 15.1 Å². The van der Waals surface area contributed by atoms with Gasteiger partial charge in [-0.2, -0.15) is 0 Å². The van der Waals surface area contributed by atoms with Crippen LogP contribution in [0.15, 0.2) is 4.99 Å². The van der Waals surface area contributed by atoms with Gasteiger partial charge in [0.15, 0.2) is 5.96 Å². The first-order valence-corrected chi connectivity index (χ1v) is 7.81. The number of ether oxygens (including phenoxy) is 1. The number of nitrogens with one attached hydrogen (secondary N) is 1. The van der Waals surface area contributed by atoms with E-state index in [1.165, 1.54) is 12.8 Å². The molecule has 21 heavy (non-hydrogen) atoms. The molecule has 0 aromatic heterocycles. The number of guanidine groups is 1. The Kier molecular flexibility index (Phi) is 6.78. The van der Waals surface area contributed by atoms with Crippen LogP contribution in [0.4, 0.5) is 4.79 Å². The highest BCUT2D eigenvalue weighted by Gasteiger charge is 2.19. The lowest BCUT2D eigenvalue weighted by Gasteiger charge is -2.25. The molecule has 0 saturated carbocycles. The zero-order valence-electron chi connectivity index (χ0n) is 14.1. The number of aliphatic imine (C=N–C) groups is 1. The summed E-state index contributed by atoms with van der Waals surface area (Å²) in [7, 11) is 1.74. The summed E-state index contributed by atoms with van der Waals surface area (Å²) in [5.74, 6) is 0.951. The van der Waals surface area contributed by atoms with Crippen LogP contribution in [0.2, 0.25) is 0 Å². The molecule has 0 spiro atoms. The van der Waals surface area contributed by atoms with Gasteiger partial charge in [0.2, 0.25) is 0 Å². The first-order valence-electron chi connectivity index (χ1n) is 7.81. The van der Waals surface area contributed by atoms with E-state index in [4.69, 9.17) is 4.74 Å². The summed E-state index contributed by atoms with van der Waals surface area (Å²) in [5.41, 5.74) is -0.459. The van der Waals surface area contributed by atoms with E-state index < -0.39 is 5.60 Å². The molecule has 1 aliphatic rings. The minimum absolute atomic E-state index is 0.302. The maximum absolute atomic E-state index is 11.8. The lowest BCUT2D eigenvalue weighted by Crippen LogP contribution is -2.40. The largest absolute Gasteiger partial charge is 0.444 e. The highest BCUT2D eigenvalue weighted by molar-refractivity contribution is 5.80. The number of carbonyl (C=O) groups excluding carboxylic acids is 1. The molecule has 1 amide bonds. The van der Waals surface area contributed by atoms with Crippen molar-refractivity contribution in [2.45, 2.75) is 46.1 Å². The minimum Gasteiger partial charge on any atom is -0.444 e. The second kappa shape index (κ2) is 8.10. The van der Waals surface area contributed by atoms with Crippen molar-refractivity contribution in [3.63, 3.8) is 0 Å². The van der Waals surface area contributed by atoms with Crippen molar-refractivity contribution in [2.75, 3.05) is 39.8 Å². The normalized spacial score (nSPS) is 16.0. The van der Waals surface area contributed by atoms with Gasteiger partial charge in [-0.3, -0.25) is 4.99 Å². The number of likely N-dealkylation sites (N-methyl/N-ethyl adjacent to an activating group) is 1. The van der Waals surface area contributed by atoms with Crippen molar-refractivity contribution in [3.05, 3.63) is 0 Å². The van der Waals surface area contributed by atoms with Crippen molar-refractivity contribution in [1.29, 1.82) is 0 Å². The van der Waals surface area contributed by atoms with Gasteiger partial charge in [-0.15, -0.1) is 0 Å². The van der Waals surface area contributed by atoms with Crippen LogP contribution in [-0.2, 0) is 4.74 Å². The Bertz CT molecular complexity index is 357. The molecule has 0 aromatic carbocycles. The van der Waals surface area contributed by atoms with E-state index in [9.17, 15) is 4.79 Å². The predicted molar refractivity (Wildman–Crippen MR) is 85.6 cm³/mol. The predicted octanol–water partition coefficient (Wildman–Crippen LogP) is 1.91. The van der Waals surface area contributed by atoms with Gasteiger partial charge in [0.1, 0.15) is 5.60 Å². The van der Waals surface area contributed by atoms with E-state index in [1.54, 1.807) is 11.9 Å². The van der Waals surface area contributed by atoms with Crippen LogP contribution in [-0.4, -0.2) is 67.2 Å². The summed E-state index contributed by atoms with van der Waals surface area (Å²) in [4.78, 5) is 20.3. The fourth-order valence-electron chi connectivity index (χ4n) is 2.09. The lowest BCUT2D eigenvalue weighted by molar-refractivity contribution is 0.0304. The van der Waals surface area contributed by atoms with Crippen molar-refractivity contribution < 1.29 is 9.53 Å². The van der Waals surface area contributed by atoms with Gasteiger partial charge in [-0.25, -0.2) is 4.79 Å². The van der Waals surface area contributed by atoms with E-state index in [0.29, 0.717) is 13.1 Å². The molecule has 1 rings (SSSR count). The highest BCUT2D eigenvalue weighted by Crippen LogP contribution is 2.09. The number of hydrogen-bond acceptors (Lipinski definition) is 3. The van der Waals surface area contributed by atoms with Gasteiger partial charge in [0, 0.05) is 33.2 Å². The Balaban J connectivity index is 2.44. The van der Waals surface area contributed by atoms with E-state index in [2.05, 4.69) is 22.1 Å². The molecule has 0 atom stereocenters. The van der Waals surface area contributed by atoms with Gasteiger partial charge < -0.3 is 19.9 Å². The second-order valence-electron chi connectivity index (χ2n) is 6.33. The molecule has 0 radical (unpaired) electrons. The third kappa shape index (κ3) is 6.69. The molecule has 0 bridgehead atoms. The van der Waals surface area contributed by atoms with Gasteiger partial charge in [-0.1, -0.05) is 0 Å². The summed E-state index contributed by atoms with van der Waals surface area (Å²) in [6.45, 7) is 11.8. The third-order valence-electron chi connectivity index (χ3n) is 3.14. The number of carbonyl (C=O) groups is 1. The van der Waals surface area contributed by atoms with Crippen LogP contribution in [0, 0.1) is 0 Å². The zero-order chi connectivity index (χ0) is 15.9. The van der Waals surface area contributed by atoms with Crippen LogP contribution in [0.3, 0.4) is 0 Å². The summed E-state index contributed by atoms with van der Waals surface area (Å²) in [5, 5.41) is 3.31. The van der Waals surface area contributed by atoms with E-state index in [-0.39, 0.29) is 6.09 Å². The molecule has 122 valence electrons. The van der Waals surface area contributed by atoms with Crippen LogP contribution in [0.5, 0.6) is 0 Å². The van der Waals surface area contributed by atoms with Crippen molar-refractivity contribution in [3.8, 4) is 0 Å². The minimum atomic E-state index is -0.459. The number of likely N-dealkylation sites (tertiary alicyclic amines) is 1. The van der Waals surface area contributed by atoms with Gasteiger partial charge in [0.05, 0.1) is 6.54 Å². The molecular weight excluding hydrogens is 268 g/mol. The Hall–Kier alpha value is -1.46. The number of nitrogens with zero attached hydrogens (tertiary/aromatic N) is 3. The molecule has 1 saturated heterocycles. The molecular formula is C15H30N4O2. The second-order valence-corrected chi connectivity index (χ2v) is 6.33. The van der Waals surface area contributed by atoms with Gasteiger partial charge >= 0.3 is 6.09 Å². The Morgan fingerprint density at radius 2 is 1.95 bits per heavy atom. The van der Waals surface area contributed by atoms with Gasteiger partial charge in [0.25, 0.3) is 0 Å². The molecule has 6 nitrogen and oxygen atoms in total. The molecule has 6 heteroatoms. The fourth-order valence-corrected chi connectivity index (χ4v) is 2.09. The van der Waals surface area contributed by atoms with Gasteiger partial charge in [-0.05, 0) is 40.5 Å². The highest BCUT2D eigenvalue weighted by atomic mass is 16.6.